The van der Waals surface area contributed by atoms with E-state index in [1.165, 1.54) is 53.1 Å². The van der Waals surface area contributed by atoms with Gasteiger partial charge in [0.05, 0.1) is 0 Å². The second kappa shape index (κ2) is 7.80. The van der Waals surface area contributed by atoms with E-state index in [4.69, 9.17) is 0 Å². The summed E-state index contributed by atoms with van der Waals surface area (Å²) in [6.45, 7) is 2.33. The summed E-state index contributed by atoms with van der Waals surface area (Å²) in [5.74, 6) is 0. The molecule has 0 unspecified atom stereocenters. The van der Waals surface area contributed by atoms with E-state index in [9.17, 15) is 0 Å². The molecule has 2 aromatic rings. The molecule has 0 spiro atoms. The lowest BCUT2D eigenvalue weighted by Crippen LogP contribution is -2.27. The fraction of sp³-hybridized carbons (Fsp3) is 0.238. The molecule has 1 aliphatic heterocycles. The van der Waals surface area contributed by atoms with Crippen molar-refractivity contribution in [3.05, 3.63) is 75.7 Å². The van der Waals surface area contributed by atoms with Crippen molar-refractivity contribution >= 4 is 30.1 Å². The van der Waals surface area contributed by atoms with Gasteiger partial charge in [0.15, 0.2) is 0 Å². The van der Waals surface area contributed by atoms with E-state index >= 15 is 0 Å². The highest BCUT2D eigenvalue weighted by molar-refractivity contribution is 5.94. The van der Waals surface area contributed by atoms with Crippen LogP contribution in [0.15, 0.2) is 54.1 Å². The van der Waals surface area contributed by atoms with Crippen molar-refractivity contribution in [3.8, 4) is 0 Å². The maximum absolute atomic E-state index is 2.42. The first-order valence-electron chi connectivity index (χ1n) is 8.10. The van der Waals surface area contributed by atoms with E-state index in [1.54, 1.807) is 5.57 Å². The average Bonchev–Trinajstić information content (AvgIpc) is 2.72. The Morgan fingerprint density at radius 3 is 2.08 bits per heavy atom. The Bertz CT molecular complexity index is 859. The van der Waals surface area contributed by atoms with Crippen LogP contribution in [0.25, 0.3) is 17.7 Å². The van der Waals surface area contributed by atoms with Gasteiger partial charge >= 0.3 is 0 Å². The third-order valence-corrected chi connectivity index (χ3v) is 4.83. The zero-order valence-electron chi connectivity index (χ0n) is 14.0. The molecule has 2 aromatic carbocycles. The van der Waals surface area contributed by atoms with Crippen LogP contribution in [-0.2, 0) is 0 Å². The van der Waals surface area contributed by atoms with Crippen molar-refractivity contribution in [2.24, 2.45) is 0 Å². The maximum Gasteiger partial charge on any atom is 0.00160 e. The van der Waals surface area contributed by atoms with E-state index in [2.05, 4.69) is 72.6 Å². The molecule has 2 aliphatic rings. The molecular formula is C21H24ClNO. The van der Waals surface area contributed by atoms with Gasteiger partial charge in [-0.2, -0.15) is 0 Å². The number of benzene rings is 2. The van der Waals surface area contributed by atoms with Gasteiger partial charge < -0.3 is 10.4 Å². The molecule has 24 heavy (non-hydrogen) atoms. The lowest BCUT2D eigenvalue weighted by atomic mass is 9.91. The fourth-order valence-corrected chi connectivity index (χ4v) is 3.49. The third kappa shape index (κ3) is 3.46. The Labute approximate surface area is 149 Å². The zero-order valence-corrected chi connectivity index (χ0v) is 14.8. The van der Waals surface area contributed by atoms with Crippen LogP contribution in [0, 0.1) is 0 Å². The summed E-state index contributed by atoms with van der Waals surface area (Å²) >= 11 is 0. The number of hydrogen-bond donors (Lipinski definition) is 0. The van der Waals surface area contributed by atoms with Gasteiger partial charge in [-0.05, 0) is 59.2 Å². The molecule has 0 bridgehead atoms. The van der Waals surface area contributed by atoms with Crippen LogP contribution in [0.1, 0.15) is 24.0 Å². The molecule has 3 heteroatoms. The van der Waals surface area contributed by atoms with E-state index < -0.39 is 0 Å². The van der Waals surface area contributed by atoms with Gasteiger partial charge in [0.2, 0.25) is 0 Å². The fourth-order valence-electron chi connectivity index (χ4n) is 3.49. The summed E-state index contributed by atoms with van der Waals surface area (Å²) in [5, 5.41) is 2.65. The van der Waals surface area contributed by atoms with Crippen molar-refractivity contribution in [1.29, 1.82) is 0 Å². The Morgan fingerprint density at radius 1 is 0.792 bits per heavy atom. The van der Waals surface area contributed by atoms with Crippen LogP contribution in [0.2, 0.25) is 0 Å². The van der Waals surface area contributed by atoms with Gasteiger partial charge in [-0.3, -0.25) is 0 Å². The van der Waals surface area contributed by atoms with E-state index in [0.29, 0.717) is 0 Å². The molecule has 126 valence electrons. The Balaban J connectivity index is 0.00000104. The summed E-state index contributed by atoms with van der Waals surface area (Å²) in [5.41, 5.74) is 5.78. The van der Waals surface area contributed by atoms with Crippen LogP contribution >= 0.6 is 12.4 Å². The van der Waals surface area contributed by atoms with Crippen molar-refractivity contribution in [2.45, 2.75) is 12.8 Å². The molecule has 2 nitrogen and oxygen atoms in total. The number of rotatable bonds is 0. The minimum Gasteiger partial charge on any atom is -0.412 e. The number of nitrogens with zero attached hydrogens (tertiary/aromatic N) is 1. The molecule has 1 saturated heterocycles. The first-order chi connectivity index (χ1) is 10.8. The van der Waals surface area contributed by atoms with Crippen molar-refractivity contribution in [2.75, 3.05) is 20.1 Å². The Hall–Kier alpha value is -1.87. The van der Waals surface area contributed by atoms with Gasteiger partial charge in [0.1, 0.15) is 0 Å². The number of fused-ring (bicyclic) bond motifs is 2. The van der Waals surface area contributed by atoms with Crippen molar-refractivity contribution in [1.82, 2.24) is 4.90 Å². The third-order valence-electron chi connectivity index (χ3n) is 4.83. The van der Waals surface area contributed by atoms with Gasteiger partial charge in [-0.15, -0.1) is 12.4 Å². The summed E-state index contributed by atoms with van der Waals surface area (Å²) in [4.78, 5) is 2.42. The Morgan fingerprint density at radius 2 is 1.38 bits per heavy atom. The van der Waals surface area contributed by atoms with E-state index in [0.717, 1.165) is 0 Å². The highest BCUT2D eigenvalue weighted by Crippen LogP contribution is 2.30. The molecule has 0 amide bonds. The van der Waals surface area contributed by atoms with Crippen LogP contribution in [0.5, 0.6) is 0 Å². The summed E-state index contributed by atoms with van der Waals surface area (Å²) < 4.78 is 0. The molecule has 0 atom stereocenters. The minimum absolute atomic E-state index is 0. The molecule has 1 heterocycles. The molecule has 1 aliphatic carbocycles. The molecule has 0 aromatic heterocycles. The predicted octanol–water partition coefficient (Wildman–Crippen LogP) is 2.39. The second-order valence-electron chi connectivity index (χ2n) is 6.33. The largest absolute Gasteiger partial charge is 0.412 e. The minimum atomic E-state index is 0. The number of halogens is 1. The molecule has 0 radical (unpaired) electrons. The predicted molar refractivity (Wildman–Crippen MR) is 105 cm³/mol. The van der Waals surface area contributed by atoms with E-state index in [1.807, 2.05) is 0 Å². The lowest BCUT2D eigenvalue weighted by Gasteiger charge is -2.26. The van der Waals surface area contributed by atoms with Crippen LogP contribution in [0.4, 0.5) is 0 Å². The van der Waals surface area contributed by atoms with Crippen LogP contribution in [0.3, 0.4) is 0 Å². The van der Waals surface area contributed by atoms with Gasteiger partial charge in [0, 0.05) is 13.1 Å². The Kier molecular flexibility index (Phi) is 6.00. The highest BCUT2D eigenvalue weighted by Gasteiger charge is 2.16. The number of likely N-dealkylation sites (tertiary alicyclic amines) is 1. The second-order valence-corrected chi connectivity index (χ2v) is 6.33. The highest BCUT2D eigenvalue weighted by atomic mass is 35.5. The smallest absolute Gasteiger partial charge is 0.00160 e. The van der Waals surface area contributed by atoms with Gasteiger partial charge in [-0.1, -0.05) is 54.1 Å². The van der Waals surface area contributed by atoms with Crippen molar-refractivity contribution in [3.63, 3.8) is 0 Å². The zero-order chi connectivity index (χ0) is 14.9. The summed E-state index contributed by atoms with van der Waals surface area (Å²) in [7, 11) is 2.22. The maximum atomic E-state index is 2.42. The quantitative estimate of drug-likeness (QED) is 0.724. The lowest BCUT2D eigenvalue weighted by molar-refractivity contribution is 0.313. The SMILES string of the molecule is CN1CCC(=C2C=c3ccccc3=Cc3ccccc32)CC1.Cl.O. The van der Waals surface area contributed by atoms with Crippen LogP contribution in [-0.4, -0.2) is 30.5 Å². The normalized spacial score (nSPS) is 16.4. The average molecular weight is 342 g/mol. The molecular weight excluding hydrogens is 318 g/mol. The molecule has 0 saturated carbocycles. The topological polar surface area (TPSA) is 34.7 Å². The molecule has 1 fully saturated rings. The summed E-state index contributed by atoms with van der Waals surface area (Å²) in [6.07, 6.45) is 7.08. The number of allylic oxidation sites excluding steroid dienone is 1. The summed E-state index contributed by atoms with van der Waals surface area (Å²) in [6, 6.07) is 17.5. The van der Waals surface area contributed by atoms with E-state index in [-0.39, 0.29) is 17.9 Å². The number of hydrogen-bond acceptors (Lipinski definition) is 1. The molecule has 2 N–H and O–H groups in total. The van der Waals surface area contributed by atoms with Gasteiger partial charge in [-0.25, -0.2) is 0 Å². The first-order valence-corrected chi connectivity index (χ1v) is 8.10. The van der Waals surface area contributed by atoms with Crippen molar-refractivity contribution < 1.29 is 5.48 Å². The van der Waals surface area contributed by atoms with Crippen LogP contribution < -0.4 is 10.4 Å². The van der Waals surface area contributed by atoms with Gasteiger partial charge in [0.25, 0.3) is 0 Å². The first kappa shape index (κ1) is 18.5. The molecule has 4 rings (SSSR count). The monoisotopic (exact) mass is 341 g/mol. The standard InChI is InChI=1S/C21H21N.ClH.H2O/c1-22-12-10-16(11-13-22)21-15-18-7-3-2-6-17(18)14-19-8-4-5-9-20(19)21;;/h2-9,14-15H,10-13H2,1H3;1H;1H2. The number of piperidine rings is 1.